The molecule has 1 aliphatic rings. The summed E-state index contributed by atoms with van der Waals surface area (Å²) in [5.41, 5.74) is 0.381. The molecule has 2 aromatic rings. The lowest BCUT2D eigenvalue weighted by molar-refractivity contribution is -0.929. The van der Waals surface area contributed by atoms with Gasteiger partial charge >= 0.3 is 0 Å². The van der Waals surface area contributed by atoms with Crippen LogP contribution in [-0.4, -0.2) is 35.8 Å². The quantitative estimate of drug-likeness (QED) is 0.666. The number of rotatable bonds is 3. The normalized spacial score (nSPS) is 23.6. The molecule has 1 heterocycles. The van der Waals surface area contributed by atoms with Crippen LogP contribution in [0.3, 0.4) is 0 Å². The molecule has 0 spiro atoms. The van der Waals surface area contributed by atoms with Gasteiger partial charge in [0, 0.05) is 11.1 Å². The first-order valence-electron chi connectivity index (χ1n) is 9.22. The van der Waals surface area contributed by atoms with Gasteiger partial charge in [-0.15, -0.1) is 0 Å². The Morgan fingerprint density at radius 3 is 2.08 bits per heavy atom. The average molecular weight is 334 g/mol. The largest absolute Gasteiger partial charge is 0.369 e. The highest BCUT2D eigenvalue weighted by atomic mass is 16.3. The number of hydrogen-bond donors (Lipinski definition) is 1. The van der Waals surface area contributed by atoms with Crippen molar-refractivity contribution in [1.82, 2.24) is 0 Å². The fraction of sp³-hybridized carbons (Fsp3) is 0.391. The molecule has 3 rings (SSSR count). The van der Waals surface area contributed by atoms with E-state index in [1.54, 1.807) is 0 Å². The van der Waals surface area contributed by atoms with Crippen molar-refractivity contribution >= 4 is 0 Å². The van der Waals surface area contributed by atoms with Gasteiger partial charge in [-0.25, -0.2) is 0 Å². The highest BCUT2D eigenvalue weighted by molar-refractivity contribution is 5.44. The van der Waals surface area contributed by atoms with E-state index in [4.69, 9.17) is 0 Å². The van der Waals surface area contributed by atoms with E-state index in [-0.39, 0.29) is 0 Å². The van der Waals surface area contributed by atoms with E-state index in [1.165, 1.54) is 25.8 Å². The Morgan fingerprint density at radius 1 is 1.00 bits per heavy atom. The molecule has 0 amide bonds. The van der Waals surface area contributed by atoms with Crippen molar-refractivity contribution in [3.8, 4) is 11.8 Å². The summed E-state index contributed by atoms with van der Waals surface area (Å²) in [7, 11) is 2.29. The summed E-state index contributed by atoms with van der Waals surface area (Å²) in [6.45, 7) is 4.27. The zero-order valence-corrected chi connectivity index (χ0v) is 15.3. The van der Waals surface area contributed by atoms with E-state index < -0.39 is 5.60 Å². The molecule has 0 saturated carbocycles. The second-order valence-electron chi connectivity index (χ2n) is 7.45. The maximum absolute atomic E-state index is 11.5. The number of aliphatic hydroxyl groups is 1. The molecule has 0 aliphatic carbocycles. The number of nitrogens with zero attached hydrogens (tertiary/aromatic N) is 1. The summed E-state index contributed by atoms with van der Waals surface area (Å²) in [5, 5.41) is 11.5. The van der Waals surface area contributed by atoms with Crippen molar-refractivity contribution < 1.29 is 9.59 Å². The zero-order chi connectivity index (χ0) is 17.8. The molecule has 1 N–H and O–H groups in total. The molecular formula is C23H28NO+. The van der Waals surface area contributed by atoms with Gasteiger partial charge in [0.25, 0.3) is 0 Å². The van der Waals surface area contributed by atoms with E-state index in [0.29, 0.717) is 6.04 Å². The summed E-state index contributed by atoms with van der Waals surface area (Å²) in [6.07, 6.45) is 3.85. The van der Waals surface area contributed by atoms with Crippen LogP contribution in [0.25, 0.3) is 0 Å². The second kappa shape index (κ2) is 7.44. The highest BCUT2D eigenvalue weighted by Gasteiger charge is 2.32. The summed E-state index contributed by atoms with van der Waals surface area (Å²) in [5.74, 6) is 6.55. The van der Waals surface area contributed by atoms with Gasteiger partial charge in [0.05, 0.1) is 19.6 Å². The van der Waals surface area contributed by atoms with Crippen molar-refractivity contribution in [2.75, 3.05) is 20.1 Å². The Bertz CT molecular complexity index is 704. The summed E-state index contributed by atoms with van der Waals surface area (Å²) >= 11 is 0. The molecule has 2 atom stereocenters. The Balaban J connectivity index is 1.92. The summed E-state index contributed by atoms with van der Waals surface area (Å²) in [4.78, 5) is 0. The maximum atomic E-state index is 11.5. The van der Waals surface area contributed by atoms with E-state index >= 15 is 0 Å². The predicted molar refractivity (Wildman–Crippen MR) is 103 cm³/mol. The van der Waals surface area contributed by atoms with Gasteiger partial charge < -0.3 is 9.59 Å². The molecule has 130 valence electrons. The van der Waals surface area contributed by atoms with Crippen LogP contribution in [0.4, 0.5) is 0 Å². The Kier molecular flexibility index (Phi) is 5.27. The lowest BCUT2D eigenvalue weighted by Gasteiger charge is -2.42. The molecule has 2 nitrogen and oxygen atoms in total. The number of piperidine rings is 1. The van der Waals surface area contributed by atoms with Gasteiger partial charge in [-0.3, -0.25) is 0 Å². The van der Waals surface area contributed by atoms with Crippen LogP contribution in [0, 0.1) is 11.8 Å². The van der Waals surface area contributed by atoms with Crippen LogP contribution in [0.5, 0.6) is 0 Å². The van der Waals surface area contributed by atoms with Gasteiger partial charge in [0.2, 0.25) is 0 Å². The fourth-order valence-electron chi connectivity index (χ4n) is 3.70. The van der Waals surface area contributed by atoms with Crippen LogP contribution >= 0.6 is 0 Å². The van der Waals surface area contributed by atoms with E-state index in [0.717, 1.165) is 22.2 Å². The average Bonchev–Trinajstić information content (AvgIpc) is 2.65. The molecule has 1 aliphatic heterocycles. The Hall–Kier alpha value is -2.08. The van der Waals surface area contributed by atoms with Gasteiger partial charge in [-0.2, -0.15) is 0 Å². The third-order valence-electron chi connectivity index (χ3n) is 5.70. The van der Waals surface area contributed by atoms with Crippen molar-refractivity contribution in [2.45, 2.75) is 37.8 Å². The SMILES string of the molecule is C[C@@H]1CCCC[N+]1(C)CC#CC(O)(c1ccccc1)c1ccccc1. The Morgan fingerprint density at radius 2 is 1.56 bits per heavy atom. The molecule has 1 unspecified atom stereocenters. The third kappa shape index (κ3) is 3.79. The molecule has 1 saturated heterocycles. The molecule has 25 heavy (non-hydrogen) atoms. The van der Waals surface area contributed by atoms with E-state index in [9.17, 15) is 5.11 Å². The number of likely N-dealkylation sites (tertiary alicyclic amines) is 1. The van der Waals surface area contributed by atoms with Gasteiger partial charge in [0.15, 0.2) is 5.60 Å². The minimum absolute atomic E-state index is 0.629. The topological polar surface area (TPSA) is 20.2 Å². The van der Waals surface area contributed by atoms with Crippen molar-refractivity contribution in [2.24, 2.45) is 0 Å². The number of quaternary nitrogens is 1. The van der Waals surface area contributed by atoms with Gasteiger partial charge in [-0.05, 0) is 32.1 Å². The van der Waals surface area contributed by atoms with Crippen LogP contribution in [0.15, 0.2) is 60.7 Å². The lowest BCUT2D eigenvalue weighted by Crippen LogP contribution is -2.54. The minimum Gasteiger partial charge on any atom is -0.369 e. The molecular weight excluding hydrogens is 306 g/mol. The van der Waals surface area contributed by atoms with Crippen LogP contribution in [0.1, 0.15) is 37.3 Å². The van der Waals surface area contributed by atoms with Gasteiger partial charge in [-0.1, -0.05) is 66.6 Å². The molecule has 2 aromatic carbocycles. The van der Waals surface area contributed by atoms with Crippen LogP contribution in [-0.2, 0) is 5.60 Å². The second-order valence-corrected chi connectivity index (χ2v) is 7.45. The Labute approximate surface area is 151 Å². The molecule has 0 bridgehead atoms. The lowest BCUT2D eigenvalue weighted by atomic mass is 9.87. The first kappa shape index (κ1) is 17.7. The predicted octanol–water partition coefficient (Wildman–Crippen LogP) is 3.94. The minimum atomic E-state index is -1.26. The zero-order valence-electron chi connectivity index (χ0n) is 15.3. The van der Waals surface area contributed by atoms with Crippen LogP contribution < -0.4 is 0 Å². The molecule has 1 fully saturated rings. The van der Waals surface area contributed by atoms with Crippen molar-refractivity contribution in [1.29, 1.82) is 0 Å². The van der Waals surface area contributed by atoms with Crippen LogP contribution in [0.2, 0.25) is 0 Å². The van der Waals surface area contributed by atoms with Gasteiger partial charge in [0.1, 0.15) is 6.54 Å². The summed E-state index contributed by atoms with van der Waals surface area (Å²) < 4.78 is 0.979. The highest BCUT2D eigenvalue weighted by Crippen LogP contribution is 2.29. The monoisotopic (exact) mass is 334 g/mol. The molecule has 0 aromatic heterocycles. The van der Waals surface area contributed by atoms with Crippen molar-refractivity contribution in [3.05, 3.63) is 71.8 Å². The number of hydrogen-bond acceptors (Lipinski definition) is 1. The van der Waals surface area contributed by atoms with Crippen molar-refractivity contribution in [3.63, 3.8) is 0 Å². The van der Waals surface area contributed by atoms with E-state index in [1.807, 2.05) is 60.7 Å². The summed E-state index contributed by atoms with van der Waals surface area (Å²) in [6, 6.07) is 20.1. The maximum Gasteiger partial charge on any atom is 0.177 e. The first-order valence-corrected chi connectivity index (χ1v) is 9.22. The van der Waals surface area contributed by atoms with E-state index in [2.05, 4.69) is 25.8 Å². The molecule has 2 heteroatoms. The standard InChI is InChI=1S/C23H28NO/c1-20-12-9-10-18-24(20,2)19-11-17-23(25,21-13-5-3-6-14-21)22-15-7-4-8-16-22/h3-8,13-16,20,25H,9-10,12,18-19H2,1-2H3/q+1/t20-,24?/m1/s1. The number of benzene rings is 2. The first-order chi connectivity index (χ1) is 12.0. The third-order valence-corrected chi connectivity index (χ3v) is 5.70. The smallest absolute Gasteiger partial charge is 0.177 e. The molecule has 0 radical (unpaired) electrons. The fourth-order valence-corrected chi connectivity index (χ4v) is 3.70.